The molecule has 0 aliphatic carbocycles. The van der Waals surface area contributed by atoms with Crippen molar-refractivity contribution in [2.24, 2.45) is 5.92 Å². The minimum Gasteiger partial charge on any atom is -0.497 e. The van der Waals surface area contributed by atoms with Gasteiger partial charge in [-0.2, -0.15) is 0 Å². The lowest BCUT2D eigenvalue weighted by atomic mass is 9.82. The van der Waals surface area contributed by atoms with Crippen LogP contribution in [-0.4, -0.2) is 43.3 Å². The first kappa shape index (κ1) is 14.3. The molecule has 1 saturated heterocycles. The zero-order valence-corrected chi connectivity index (χ0v) is 11.6. The van der Waals surface area contributed by atoms with Crippen molar-refractivity contribution in [2.75, 3.05) is 19.1 Å². The van der Waals surface area contributed by atoms with E-state index >= 15 is 0 Å². The lowest BCUT2D eigenvalue weighted by molar-refractivity contribution is -0.155. The summed E-state index contributed by atoms with van der Waals surface area (Å²) < 4.78 is 9.76. The Morgan fingerprint density at radius 1 is 1.30 bits per heavy atom. The molecule has 1 aliphatic rings. The van der Waals surface area contributed by atoms with Crippen LogP contribution in [0.15, 0.2) is 24.3 Å². The molecule has 0 spiro atoms. The third-order valence-corrected chi connectivity index (χ3v) is 3.45. The monoisotopic (exact) mass is 279 g/mol. The minimum atomic E-state index is -0.902. The fraction of sp³-hybridized carbons (Fsp3) is 0.429. The number of hydrogen-bond acceptors (Lipinski definition) is 5. The van der Waals surface area contributed by atoms with Crippen molar-refractivity contribution in [1.29, 1.82) is 0 Å². The first-order valence-corrected chi connectivity index (χ1v) is 6.24. The predicted octanol–water partition coefficient (Wildman–Crippen LogP) is 0.580. The maximum atomic E-state index is 12.1. The molecule has 1 aliphatic heterocycles. The highest BCUT2D eigenvalue weighted by atomic mass is 16.5. The predicted molar refractivity (Wildman–Crippen MR) is 71.5 cm³/mol. The van der Waals surface area contributed by atoms with E-state index in [2.05, 4.69) is 0 Å². The minimum absolute atomic E-state index is 0.291. The Kier molecular flexibility index (Phi) is 3.94. The number of carbonyl (C=O) groups excluding carboxylic acids is 2. The Bertz CT molecular complexity index is 511. The van der Waals surface area contributed by atoms with Crippen molar-refractivity contribution in [2.45, 2.75) is 19.1 Å². The number of aliphatic hydroxyl groups is 1. The summed E-state index contributed by atoms with van der Waals surface area (Å²) in [5.74, 6) is -0.931. The standard InChI is InChI=1S/C14H17NO5/c1-8(16)11-12(14(18)20-3)15(13(11)17)9-4-6-10(19-2)7-5-9/h4-8,11-12,16H,1-3H3/t8-,11-,12+/m1/s1. The number of hydrogen-bond donors (Lipinski definition) is 1. The van der Waals surface area contributed by atoms with Crippen LogP contribution < -0.4 is 9.64 Å². The number of aliphatic hydroxyl groups excluding tert-OH is 1. The molecule has 6 nitrogen and oxygen atoms in total. The number of benzene rings is 1. The summed E-state index contributed by atoms with van der Waals surface area (Å²) in [4.78, 5) is 25.3. The van der Waals surface area contributed by atoms with Crippen LogP contribution in [0, 0.1) is 5.92 Å². The van der Waals surface area contributed by atoms with Crippen molar-refractivity contribution in [3.8, 4) is 5.75 Å². The molecule has 1 N–H and O–H groups in total. The first-order valence-electron chi connectivity index (χ1n) is 6.24. The van der Waals surface area contributed by atoms with E-state index in [1.54, 1.807) is 31.4 Å². The first-order chi connectivity index (χ1) is 9.51. The van der Waals surface area contributed by atoms with Crippen LogP contribution in [-0.2, 0) is 14.3 Å². The number of anilines is 1. The average Bonchev–Trinajstić information content (AvgIpc) is 2.44. The van der Waals surface area contributed by atoms with Gasteiger partial charge < -0.3 is 14.6 Å². The van der Waals surface area contributed by atoms with Crippen molar-refractivity contribution in [3.63, 3.8) is 0 Å². The highest BCUT2D eigenvalue weighted by Gasteiger charge is 2.54. The van der Waals surface area contributed by atoms with Crippen LogP contribution >= 0.6 is 0 Å². The molecule has 0 aromatic heterocycles. The Balaban J connectivity index is 2.29. The molecule has 108 valence electrons. The Morgan fingerprint density at radius 2 is 1.90 bits per heavy atom. The summed E-state index contributed by atoms with van der Waals surface area (Å²) in [6, 6.07) is 5.98. The fourth-order valence-electron chi connectivity index (χ4n) is 2.38. The zero-order valence-electron chi connectivity index (χ0n) is 11.6. The van der Waals surface area contributed by atoms with E-state index in [-0.39, 0.29) is 5.91 Å². The van der Waals surface area contributed by atoms with Crippen molar-refractivity contribution < 1.29 is 24.2 Å². The number of methoxy groups -OCH3 is 2. The Hall–Kier alpha value is -2.08. The number of amides is 1. The highest BCUT2D eigenvalue weighted by Crippen LogP contribution is 2.36. The molecule has 2 rings (SSSR count). The Morgan fingerprint density at radius 3 is 2.35 bits per heavy atom. The van der Waals surface area contributed by atoms with E-state index < -0.39 is 24.0 Å². The summed E-state index contributed by atoms with van der Waals surface area (Å²) in [5, 5.41) is 9.63. The summed E-state index contributed by atoms with van der Waals surface area (Å²) in [5.41, 5.74) is 0.572. The van der Waals surface area contributed by atoms with Crippen LogP contribution in [0.4, 0.5) is 5.69 Å². The smallest absolute Gasteiger partial charge is 0.329 e. The summed E-state index contributed by atoms with van der Waals surface area (Å²) in [6.07, 6.45) is -0.902. The molecule has 20 heavy (non-hydrogen) atoms. The van der Waals surface area contributed by atoms with Gasteiger partial charge in [0.25, 0.3) is 0 Å². The molecule has 6 heteroatoms. The van der Waals surface area contributed by atoms with Gasteiger partial charge in [0.2, 0.25) is 5.91 Å². The average molecular weight is 279 g/mol. The Labute approximate surface area is 116 Å². The van der Waals surface area contributed by atoms with Crippen LogP contribution in [0.2, 0.25) is 0 Å². The van der Waals surface area contributed by atoms with Gasteiger partial charge in [-0.05, 0) is 31.2 Å². The second-order valence-electron chi connectivity index (χ2n) is 4.64. The van der Waals surface area contributed by atoms with Gasteiger partial charge in [0.1, 0.15) is 11.8 Å². The van der Waals surface area contributed by atoms with Crippen LogP contribution in [0.1, 0.15) is 6.92 Å². The molecule has 1 aromatic carbocycles. The van der Waals surface area contributed by atoms with Gasteiger partial charge in [0.05, 0.1) is 26.2 Å². The molecular formula is C14H17NO5. The number of nitrogens with zero attached hydrogens (tertiary/aromatic N) is 1. The molecule has 1 aromatic rings. The molecule has 0 saturated carbocycles. The number of rotatable bonds is 4. The normalized spacial score (nSPS) is 23.0. The van der Waals surface area contributed by atoms with Crippen LogP contribution in [0.3, 0.4) is 0 Å². The topological polar surface area (TPSA) is 76.1 Å². The largest absolute Gasteiger partial charge is 0.497 e. The number of β-lactam (4-membered cyclic amide) rings is 1. The van der Waals surface area contributed by atoms with Gasteiger partial charge in [-0.25, -0.2) is 4.79 Å². The summed E-state index contributed by atoms with van der Waals surface area (Å²) in [6.45, 7) is 1.49. The van der Waals surface area contributed by atoms with E-state index in [0.717, 1.165) is 0 Å². The van der Waals surface area contributed by atoms with Crippen molar-refractivity contribution in [1.82, 2.24) is 0 Å². The molecule has 1 heterocycles. The molecule has 3 atom stereocenters. The quantitative estimate of drug-likeness (QED) is 0.644. The van der Waals surface area contributed by atoms with E-state index in [9.17, 15) is 14.7 Å². The summed E-state index contributed by atoms with van der Waals surface area (Å²) in [7, 11) is 2.81. The maximum Gasteiger partial charge on any atom is 0.329 e. The number of esters is 1. The third-order valence-electron chi connectivity index (χ3n) is 3.45. The van der Waals surface area contributed by atoms with Gasteiger partial charge >= 0.3 is 5.97 Å². The van der Waals surface area contributed by atoms with E-state index in [1.807, 2.05) is 0 Å². The van der Waals surface area contributed by atoms with E-state index in [4.69, 9.17) is 9.47 Å². The molecule has 1 amide bonds. The maximum absolute atomic E-state index is 12.1. The van der Waals surface area contributed by atoms with Crippen molar-refractivity contribution in [3.05, 3.63) is 24.3 Å². The number of ether oxygens (including phenoxy) is 2. The van der Waals surface area contributed by atoms with Gasteiger partial charge in [0.15, 0.2) is 0 Å². The van der Waals surface area contributed by atoms with Gasteiger partial charge in [-0.3, -0.25) is 9.69 Å². The lowest BCUT2D eigenvalue weighted by Gasteiger charge is -2.46. The van der Waals surface area contributed by atoms with Gasteiger partial charge in [0, 0.05) is 5.69 Å². The highest BCUT2D eigenvalue weighted by molar-refractivity contribution is 6.11. The van der Waals surface area contributed by atoms with Gasteiger partial charge in [-0.15, -0.1) is 0 Å². The molecule has 0 radical (unpaired) electrons. The second-order valence-corrected chi connectivity index (χ2v) is 4.64. The van der Waals surface area contributed by atoms with Crippen LogP contribution in [0.25, 0.3) is 0 Å². The van der Waals surface area contributed by atoms with E-state index in [1.165, 1.54) is 18.9 Å². The SMILES string of the molecule is COC(=O)[C@@H]1[C@@H]([C@@H](C)O)C(=O)N1c1ccc(OC)cc1. The third kappa shape index (κ3) is 2.22. The van der Waals surface area contributed by atoms with E-state index in [0.29, 0.717) is 11.4 Å². The molecule has 1 fully saturated rings. The fourth-order valence-corrected chi connectivity index (χ4v) is 2.38. The van der Waals surface area contributed by atoms with Crippen molar-refractivity contribution >= 4 is 17.6 Å². The van der Waals surface area contributed by atoms with Crippen LogP contribution in [0.5, 0.6) is 5.75 Å². The molecule has 0 unspecified atom stereocenters. The zero-order chi connectivity index (χ0) is 14.9. The molecular weight excluding hydrogens is 262 g/mol. The lowest BCUT2D eigenvalue weighted by Crippen LogP contribution is -2.68. The number of carbonyl (C=O) groups is 2. The van der Waals surface area contributed by atoms with Gasteiger partial charge in [-0.1, -0.05) is 0 Å². The second kappa shape index (κ2) is 5.50. The summed E-state index contributed by atoms with van der Waals surface area (Å²) >= 11 is 0. The molecule has 0 bridgehead atoms.